The Bertz CT molecular complexity index is 1290. The van der Waals surface area contributed by atoms with Crippen LogP contribution in [0.25, 0.3) is 33.0 Å². The van der Waals surface area contributed by atoms with Crippen molar-refractivity contribution < 1.29 is 18.9 Å². The van der Waals surface area contributed by atoms with Gasteiger partial charge < -0.3 is 18.9 Å². The van der Waals surface area contributed by atoms with Gasteiger partial charge in [0.15, 0.2) is 12.6 Å². The van der Waals surface area contributed by atoms with Crippen LogP contribution in [0.1, 0.15) is 11.1 Å². The lowest BCUT2D eigenvalue weighted by Crippen LogP contribution is -2.12. The average Bonchev–Trinajstić information content (AvgIpc) is 3.59. The Morgan fingerprint density at radius 2 is 1.09 bits per heavy atom. The number of rotatable bonds is 6. The van der Waals surface area contributed by atoms with E-state index >= 15 is 0 Å². The van der Waals surface area contributed by atoms with E-state index in [9.17, 15) is 0 Å². The molecule has 172 valence electrons. The van der Waals surface area contributed by atoms with Crippen molar-refractivity contribution in [3.05, 3.63) is 96.1 Å². The predicted octanol–water partition coefficient (Wildman–Crippen LogP) is 6.00. The van der Waals surface area contributed by atoms with Crippen LogP contribution >= 0.6 is 0 Å². The van der Waals surface area contributed by atoms with E-state index in [2.05, 4.69) is 84.9 Å². The molecule has 6 rings (SSSR count). The number of hydrogen-bond acceptors (Lipinski definition) is 4. The monoisotopic (exact) mass is 452 g/mol. The minimum atomic E-state index is -0.160. The van der Waals surface area contributed by atoms with Gasteiger partial charge in [0.2, 0.25) is 0 Å². The highest BCUT2D eigenvalue weighted by atomic mass is 16.7. The van der Waals surface area contributed by atoms with Gasteiger partial charge in [-0.15, -0.1) is 0 Å². The van der Waals surface area contributed by atoms with E-state index in [0.29, 0.717) is 26.4 Å². The summed E-state index contributed by atoms with van der Waals surface area (Å²) < 4.78 is 22.8. The molecule has 4 aromatic rings. The standard InChI is InChI=1S/C30H28O4/c1-3-9-25(22(6-1)19-29-31-14-15-32-29)24-12-13-27-21(18-24)8-5-11-28(27)26-10-4-2-7-23(26)20-30-33-16-17-34-30/h1-13,18,29-30H,14-17,19-20H2. The molecule has 0 atom stereocenters. The fourth-order valence-corrected chi connectivity index (χ4v) is 5.04. The van der Waals surface area contributed by atoms with Crippen LogP contribution in [0, 0.1) is 0 Å². The molecule has 0 aromatic heterocycles. The molecule has 0 unspecified atom stereocenters. The first-order valence-electron chi connectivity index (χ1n) is 12.0. The lowest BCUT2D eigenvalue weighted by molar-refractivity contribution is -0.0401. The third-order valence-corrected chi connectivity index (χ3v) is 6.67. The molecule has 0 N–H and O–H groups in total. The predicted molar refractivity (Wildman–Crippen MR) is 134 cm³/mol. The van der Waals surface area contributed by atoms with E-state index in [4.69, 9.17) is 18.9 Å². The largest absolute Gasteiger partial charge is 0.350 e. The van der Waals surface area contributed by atoms with E-state index in [1.54, 1.807) is 0 Å². The maximum absolute atomic E-state index is 5.72. The van der Waals surface area contributed by atoms with Gasteiger partial charge >= 0.3 is 0 Å². The molecule has 4 nitrogen and oxygen atoms in total. The molecule has 0 spiro atoms. The second-order valence-corrected chi connectivity index (χ2v) is 8.81. The molecule has 0 bridgehead atoms. The van der Waals surface area contributed by atoms with Crippen LogP contribution in [-0.2, 0) is 31.8 Å². The minimum absolute atomic E-state index is 0.155. The summed E-state index contributed by atoms with van der Waals surface area (Å²) in [6.45, 7) is 2.69. The van der Waals surface area contributed by atoms with E-state index in [1.165, 1.54) is 44.2 Å². The average molecular weight is 453 g/mol. The summed E-state index contributed by atoms with van der Waals surface area (Å²) in [6, 6.07) is 30.4. The Morgan fingerprint density at radius 1 is 0.529 bits per heavy atom. The van der Waals surface area contributed by atoms with Gasteiger partial charge in [-0.2, -0.15) is 0 Å². The van der Waals surface area contributed by atoms with Crippen LogP contribution in [0.5, 0.6) is 0 Å². The number of hydrogen-bond donors (Lipinski definition) is 0. The fourth-order valence-electron chi connectivity index (χ4n) is 5.04. The Balaban J connectivity index is 1.37. The van der Waals surface area contributed by atoms with Crippen molar-refractivity contribution in [1.82, 2.24) is 0 Å². The van der Waals surface area contributed by atoms with E-state index in [-0.39, 0.29) is 12.6 Å². The normalized spacial score (nSPS) is 17.1. The topological polar surface area (TPSA) is 36.9 Å². The molecule has 0 aliphatic carbocycles. The van der Waals surface area contributed by atoms with Crippen LogP contribution in [0.4, 0.5) is 0 Å². The summed E-state index contributed by atoms with van der Waals surface area (Å²) in [5, 5.41) is 2.47. The molecule has 0 amide bonds. The Labute approximate surface area is 200 Å². The van der Waals surface area contributed by atoms with Crippen molar-refractivity contribution in [3.63, 3.8) is 0 Å². The van der Waals surface area contributed by atoms with Gasteiger partial charge in [0, 0.05) is 12.8 Å². The maximum atomic E-state index is 5.72. The third kappa shape index (κ3) is 4.38. The first-order chi connectivity index (χ1) is 16.8. The quantitative estimate of drug-likeness (QED) is 0.359. The second-order valence-electron chi connectivity index (χ2n) is 8.81. The Morgan fingerprint density at radius 3 is 1.76 bits per heavy atom. The lowest BCUT2D eigenvalue weighted by atomic mass is 9.91. The molecule has 2 aliphatic rings. The highest BCUT2D eigenvalue weighted by Gasteiger charge is 2.20. The maximum Gasteiger partial charge on any atom is 0.161 e. The van der Waals surface area contributed by atoms with Gasteiger partial charge in [-0.3, -0.25) is 0 Å². The van der Waals surface area contributed by atoms with Crippen molar-refractivity contribution >= 4 is 10.8 Å². The van der Waals surface area contributed by atoms with Crippen molar-refractivity contribution in [2.75, 3.05) is 26.4 Å². The van der Waals surface area contributed by atoms with Gasteiger partial charge in [0.1, 0.15) is 0 Å². The van der Waals surface area contributed by atoms with Gasteiger partial charge in [0.05, 0.1) is 26.4 Å². The first-order valence-corrected chi connectivity index (χ1v) is 12.0. The smallest absolute Gasteiger partial charge is 0.161 e. The highest BCUT2D eigenvalue weighted by Crippen LogP contribution is 2.35. The zero-order valence-electron chi connectivity index (χ0n) is 19.1. The van der Waals surface area contributed by atoms with Crippen molar-refractivity contribution in [1.29, 1.82) is 0 Å². The Kier molecular flexibility index (Phi) is 6.13. The molecule has 4 aromatic carbocycles. The molecule has 2 aliphatic heterocycles. The van der Waals surface area contributed by atoms with Gasteiger partial charge in [-0.05, 0) is 50.2 Å². The van der Waals surface area contributed by atoms with Crippen LogP contribution in [0.15, 0.2) is 84.9 Å². The van der Waals surface area contributed by atoms with E-state index < -0.39 is 0 Å². The molecule has 2 heterocycles. The second kappa shape index (κ2) is 9.69. The van der Waals surface area contributed by atoms with Crippen LogP contribution in [0.2, 0.25) is 0 Å². The van der Waals surface area contributed by atoms with Crippen molar-refractivity contribution in [2.45, 2.75) is 25.4 Å². The minimum Gasteiger partial charge on any atom is -0.350 e. The summed E-state index contributed by atoms with van der Waals surface area (Å²) >= 11 is 0. The van der Waals surface area contributed by atoms with Gasteiger partial charge in [-0.25, -0.2) is 0 Å². The van der Waals surface area contributed by atoms with Gasteiger partial charge in [0.25, 0.3) is 0 Å². The van der Waals surface area contributed by atoms with E-state index in [0.717, 1.165) is 12.8 Å². The molecule has 2 saturated heterocycles. The zero-order valence-corrected chi connectivity index (χ0v) is 19.1. The summed E-state index contributed by atoms with van der Waals surface area (Å²) in [7, 11) is 0. The molecular formula is C30H28O4. The molecule has 2 fully saturated rings. The number of ether oxygens (including phenoxy) is 4. The molecule has 0 radical (unpaired) electrons. The molecule has 4 heteroatoms. The number of fused-ring (bicyclic) bond motifs is 1. The van der Waals surface area contributed by atoms with Gasteiger partial charge in [-0.1, -0.05) is 78.9 Å². The molecular weight excluding hydrogens is 424 g/mol. The fraction of sp³-hybridized carbons (Fsp3) is 0.267. The summed E-state index contributed by atoms with van der Waals surface area (Å²) in [6.07, 6.45) is 1.19. The number of benzene rings is 4. The summed E-state index contributed by atoms with van der Waals surface area (Å²) in [5.74, 6) is 0. The van der Waals surface area contributed by atoms with Crippen LogP contribution < -0.4 is 0 Å². The lowest BCUT2D eigenvalue weighted by Gasteiger charge is -2.16. The first kappa shape index (κ1) is 21.5. The molecule has 34 heavy (non-hydrogen) atoms. The highest BCUT2D eigenvalue weighted by molar-refractivity contribution is 5.99. The Hall–Kier alpha value is -3.02. The molecule has 0 saturated carbocycles. The third-order valence-electron chi connectivity index (χ3n) is 6.67. The van der Waals surface area contributed by atoms with Crippen LogP contribution in [0.3, 0.4) is 0 Å². The van der Waals surface area contributed by atoms with Crippen molar-refractivity contribution in [3.8, 4) is 22.3 Å². The van der Waals surface area contributed by atoms with Crippen molar-refractivity contribution in [2.24, 2.45) is 0 Å². The van der Waals surface area contributed by atoms with Crippen LogP contribution in [-0.4, -0.2) is 39.0 Å². The van der Waals surface area contributed by atoms with E-state index in [1.807, 2.05) is 0 Å². The summed E-state index contributed by atoms with van der Waals surface area (Å²) in [4.78, 5) is 0. The SMILES string of the molecule is c1ccc(-c2ccc3c(-c4ccccc4CC4OCCO4)cccc3c2)c(CC2OCCO2)c1. The zero-order chi connectivity index (χ0) is 22.7. The summed E-state index contributed by atoms with van der Waals surface area (Å²) in [5.41, 5.74) is 7.39.